The lowest BCUT2D eigenvalue weighted by atomic mass is 9.99. The Morgan fingerprint density at radius 1 is 1.08 bits per heavy atom. The molecule has 2 aromatic carbocycles. The Kier molecular flexibility index (Phi) is 7.95. The van der Waals surface area contributed by atoms with Crippen LogP contribution < -0.4 is 14.2 Å². The van der Waals surface area contributed by atoms with Crippen molar-refractivity contribution in [2.45, 2.75) is 17.7 Å². The summed E-state index contributed by atoms with van der Waals surface area (Å²) < 4.78 is 71.5. The fraction of sp³-hybridized carbons (Fsp3) is 0.130. The molecule has 0 spiro atoms. The summed E-state index contributed by atoms with van der Waals surface area (Å²) in [5.74, 6) is -2.64. The number of para-hydroxylation sites is 1. The first-order valence-corrected chi connectivity index (χ1v) is 13.6. The van der Waals surface area contributed by atoms with Crippen LogP contribution in [0.15, 0.2) is 70.9 Å². The summed E-state index contributed by atoms with van der Waals surface area (Å²) in [4.78, 5) is 13.2. The zero-order valence-electron chi connectivity index (χ0n) is 18.9. The van der Waals surface area contributed by atoms with E-state index in [0.717, 1.165) is 40.5 Å². The van der Waals surface area contributed by atoms with Crippen LogP contribution >= 0.6 is 22.7 Å². The van der Waals surface area contributed by atoms with E-state index in [2.05, 4.69) is 20.3 Å². The summed E-state index contributed by atoms with van der Waals surface area (Å²) in [6.45, 7) is 0. The van der Waals surface area contributed by atoms with Crippen molar-refractivity contribution >= 4 is 43.8 Å². The van der Waals surface area contributed by atoms with Gasteiger partial charge in [-0.05, 0) is 47.3 Å². The van der Waals surface area contributed by atoms with Gasteiger partial charge in [0.15, 0.2) is 5.01 Å². The second-order valence-electron chi connectivity index (χ2n) is 7.43. The maximum Gasteiger partial charge on any atom is 0.573 e. The zero-order valence-corrected chi connectivity index (χ0v) is 21.3. The molecule has 0 radical (unpaired) electrons. The van der Waals surface area contributed by atoms with Gasteiger partial charge in [-0.15, -0.1) is 34.7 Å². The zero-order chi connectivity index (χ0) is 27.3. The number of carbonyl (C=O) groups excluding carboxylic acids is 1. The Bertz CT molecular complexity index is 1560. The fourth-order valence-corrected chi connectivity index (χ4v) is 5.61. The third-order valence-electron chi connectivity index (χ3n) is 4.80. The highest BCUT2D eigenvalue weighted by Gasteiger charge is 2.31. The summed E-state index contributed by atoms with van der Waals surface area (Å²) in [6.07, 6.45) is -5.12. The van der Waals surface area contributed by atoms with E-state index in [1.54, 1.807) is 6.07 Å². The van der Waals surface area contributed by atoms with Crippen molar-refractivity contribution in [1.82, 2.24) is 10.2 Å². The van der Waals surface area contributed by atoms with Gasteiger partial charge in [-0.2, -0.15) is 13.7 Å². The molecule has 0 fully saturated rings. The number of nitrogens with zero attached hydrogens (tertiary/aromatic N) is 3. The summed E-state index contributed by atoms with van der Waals surface area (Å²) >= 11 is 2.59. The number of nitriles is 1. The molecule has 4 aromatic rings. The predicted octanol–water partition coefficient (Wildman–Crippen LogP) is 5.25. The van der Waals surface area contributed by atoms with Gasteiger partial charge in [0, 0.05) is 6.42 Å². The second kappa shape index (κ2) is 11.2. The van der Waals surface area contributed by atoms with Gasteiger partial charge in [0.05, 0.1) is 10.9 Å². The smallest absolute Gasteiger partial charge is 0.406 e. The number of ether oxygens (including phenoxy) is 1. The van der Waals surface area contributed by atoms with Crippen LogP contribution in [-0.2, 0) is 21.3 Å². The SMILES string of the molecule is N#CC(Cc1ccccc1OS(=O)(=O)c1ccc(OC(F)(F)F)cc1)C(=O)Nc1nnc(-c2cccs2)s1. The number of hydrogen-bond donors (Lipinski definition) is 1. The standard InChI is InChI=1S/C23H15F3N4O5S3/c24-23(25,26)34-16-7-9-17(10-8-16)38(32,33)35-18-5-2-1-4-14(18)12-15(13-27)20(31)28-22-30-29-21(37-22)19-6-3-11-36-19/h1-11,15H,12H2,(H,28,30,31). The minimum Gasteiger partial charge on any atom is -0.406 e. The molecule has 4 rings (SSSR count). The molecule has 0 saturated heterocycles. The number of carbonyl (C=O) groups is 1. The van der Waals surface area contributed by atoms with Crippen LogP contribution in [-0.4, -0.2) is 30.9 Å². The Hall–Kier alpha value is -4.00. The number of nitrogens with one attached hydrogen (secondary N) is 1. The number of alkyl halides is 3. The van der Waals surface area contributed by atoms with Gasteiger partial charge in [0.1, 0.15) is 22.3 Å². The summed E-state index contributed by atoms with van der Waals surface area (Å²) in [5, 5.41) is 22.8. The Morgan fingerprint density at radius 3 is 2.47 bits per heavy atom. The van der Waals surface area contributed by atoms with Gasteiger partial charge < -0.3 is 8.92 Å². The molecule has 2 heterocycles. The van der Waals surface area contributed by atoms with E-state index in [0.29, 0.717) is 5.01 Å². The maximum atomic E-state index is 12.7. The van der Waals surface area contributed by atoms with Crippen LogP contribution in [0, 0.1) is 17.2 Å². The van der Waals surface area contributed by atoms with Gasteiger partial charge in [0.25, 0.3) is 0 Å². The molecule has 38 heavy (non-hydrogen) atoms. The molecule has 1 atom stereocenters. The van der Waals surface area contributed by atoms with Crippen LogP contribution in [0.1, 0.15) is 5.56 Å². The lowest BCUT2D eigenvalue weighted by molar-refractivity contribution is -0.274. The van der Waals surface area contributed by atoms with Crippen molar-refractivity contribution in [3.8, 4) is 27.5 Å². The average Bonchev–Trinajstić information content (AvgIpc) is 3.55. The minimum absolute atomic E-state index is 0.146. The van der Waals surface area contributed by atoms with Crippen LogP contribution in [0.3, 0.4) is 0 Å². The number of halogens is 3. The van der Waals surface area contributed by atoms with Crippen molar-refractivity contribution in [2.75, 3.05) is 5.32 Å². The molecule has 2 aromatic heterocycles. The van der Waals surface area contributed by atoms with Crippen molar-refractivity contribution in [3.63, 3.8) is 0 Å². The molecule has 0 aliphatic heterocycles. The summed E-state index contributed by atoms with van der Waals surface area (Å²) in [6, 6.07) is 14.9. The number of aromatic nitrogens is 2. The van der Waals surface area contributed by atoms with Crippen molar-refractivity contribution in [1.29, 1.82) is 5.26 Å². The van der Waals surface area contributed by atoms with Crippen LogP contribution in [0.2, 0.25) is 0 Å². The van der Waals surface area contributed by atoms with Gasteiger partial charge in [-0.3, -0.25) is 10.1 Å². The third-order valence-corrected chi connectivity index (χ3v) is 7.93. The summed E-state index contributed by atoms with van der Waals surface area (Å²) in [7, 11) is -4.46. The lowest BCUT2D eigenvalue weighted by Gasteiger charge is -2.14. The van der Waals surface area contributed by atoms with Gasteiger partial charge in [-0.25, -0.2) is 0 Å². The molecule has 196 valence electrons. The minimum atomic E-state index is -4.93. The highest BCUT2D eigenvalue weighted by atomic mass is 32.2. The first-order valence-electron chi connectivity index (χ1n) is 10.5. The Morgan fingerprint density at radius 2 is 1.82 bits per heavy atom. The first kappa shape index (κ1) is 27.0. The van der Waals surface area contributed by atoms with E-state index in [1.165, 1.54) is 29.5 Å². The van der Waals surface area contributed by atoms with E-state index >= 15 is 0 Å². The van der Waals surface area contributed by atoms with Gasteiger partial charge in [0.2, 0.25) is 11.0 Å². The molecular formula is C23H15F3N4O5S3. The van der Waals surface area contributed by atoms with E-state index in [-0.39, 0.29) is 22.9 Å². The lowest BCUT2D eigenvalue weighted by Crippen LogP contribution is -2.23. The van der Waals surface area contributed by atoms with Crippen LogP contribution in [0.5, 0.6) is 11.5 Å². The highest BCUT2D eigenvalue weighted by molar-refractivity contribution is 7.87. The fourth-order valence-electron chi connectivity index (χ4n) is 3.11. The first-order chi connectivity index (χ1) is 18.0. The van der Waals surface area contributed by atoms with Crippen molar-refractivity contribution in [2.24, 2.45) is 5.92 Å². The number of hydrogen-bond acceptors (Lipinski definition) is 10. The van der Waals surface area contributed by atoms with E-state index < -0.39 is 39.0 Å². The number of anilines is 1. The summed E-state index contributed by atoms with van der Waals surface area (Å²) in [5.41, 5.74) is 0.242. The van der Waals surface area contributed by atoms with Crippen molar-refractivity contribution in [3.05, 3.63) is 71.6 Å². The van der Waals surface area contributed by atoms with E-state index in [1.807, 2.05) is 23.6 Å². The second-order valence-corrected chi connectivity index (χ2v) is 10.9. The number of thiophene rings is 1. The molecule has 0 aliphatic rings. The number of amides is 1. The normalized spacial score (nSPS) is 12.4. The predicted molar refractivity (Wildman–Crippen MR) is 132 cm³/mol. The van der Waals surface area contributed by atoms with Gasteiger partial charge >= 0.3 is 16.5 Å². The van der Waals surface area contributed by atoms with Gasteiger partial charge in [-0.1, -0.05) is 35.6 Å². The molecular weight excluding hydrogens is 565 g/mol. The quantitative estimate of drug-likeness (QED) is 0.266. The Balaban J connectivity index is 1.46. The third kappa shape index (κ3) is 6.85. The van der Waals surface area contributed by atoms with Crippen LogP contribution in [0.25, 0.3) is 9.88 Å². The molecule has 1 amide bonds. The molecule has 1 unspecified atom stereocenters. The highest BCUT2D eigenvalue weighted by Crippen LogP contribution is 2.31. The average molecular weight is 581 g/mol. The van der Waals surface area contributed by atoms with E-state index in [4.69, 9.17) is 4.18 Å². The topological polar surface area (TPSA) is 131 Å². The monoisotopic (exact) mass is 580 g/mol. The molecule has 0 aliphatic carbocycles. The number of rotatable bonds is 9. The molecule has 9 nitrogen and oxygen atoms in total. The molecule has 0 saturated carbocycles. The molecule has 0 bridgehead atoms. The largest absolute Gasteiger partial charge is 0.573 e. The Labute approximate surface area is 222 Å². The molecule has 1 N–H and O–H groups in total. The maximum absolute atomic E-state index is 12.7. The van der Waals surface area contributed by atoms with Crippen molar-refractivity contribution < 1.29 is 35.3 Å². The number of benzene rings is 2. The van der Waals surface area contributed by atoms with Crippen LogP contribution in [0.4, 0.5) is 18.3 Å². The molecule has 15 heteroatoms. The van der Waals surface area contributed by atoms with E-state index in [9.17, 15) is 31.6 Å².